The van der Waals surface area contributed by atoms with Crippen LogP contribution in [0.2, 0.25) is 0 Å². The molecule has 0 aliphatic heterocycles. The number of hydrogen-bond acceptors (Lipinski definition) is 6. The molecule has 0 unspecified atom stereocenters. The molecule has 3 aromatic carbocycles. The number of halogens is 5. The molecular weight excluding hydrogens is 839 g/mol. The maximum atomic E-state index is 14.4. The molecule has 5 rings (SSSR count). The van der Waals surface area contributed by atoms with Crippen molar-refractivity contribution < 1.29 is 40.7 Å². The van der Waals surface area contributed by atoms with Crippen molar-refractivity contribution in [3.8, 4) is 17.2 Å². The van der Waals surface area contributed by atoms with Crippen LogP contribution in [0.1, 0.15) is 29.3 Å². The Morgan fingerprint density at radius 1 is 0.933 bits per heavy atom. The molecule has 0 saturated heterocycles. The minimum Gasteiger partial charge on any atom is -0.496 e. The van der Waals surface area contributed by atoms with Gasteiger partial charge >= 0.3 is 5.25 Å². The van der Waals surface area contributed by atoms with E-state index in [0.717, 1.165) is 12.1 Å². The predicted molar refractivity (Wildman–Crippen MR) is 179 cm³/mol. The van der Waals surface area contributed by atoms with Gasteiger partial charge in [-0.25, -0.2) is 12.8 Å². The van der Waals surface area contributed by atoms with Crippen LogP contribution in [0.4, 0.5) is 18.9 Å². The number of alkyl halides is 5. The lowest BCUT2D eigenvalue weighted by Crippen LogP contribution is -2.47. The van der Waals surface area contributed by atoms with E-state index in [1.807, 2.05) is 12.2 Å². The summed E-state index contributed by atoms with van der Waals surface area (Å²) in [4.78, 5) is 26.5. The highest BCUT2D eigenvalue weighted by molar-refractivity contribution is 14.2. The molecule has 238 valence electrons. The number of carbonyl (C=O) groups is 2. The second-order valence-corrected chi connectivity index (χ2v) is 18.0. The highest BCUT2D eigenvalue weighted by atomic mass is 127. The molecule has 45 heavy (non-hydrogen) atoms. The first-order valence-corrected chi connectivity index (χ1v) is 17.3. The van der Waals surface area contributed by atoms with Crippen molar-refractivity contribution in [1.82, 2.24) is 5.32 Å². The Bertz CT molecular complexity index is 1780. The molecule has 2 N–H and O–H groups in total. The van der Waals surface area contributed by atoms with Gasteiger partial charge in [-0.3, -0.25) is 9.59 Å². The van der Waals surface area contributed by atoms with Gasteiger partial charge in [-0.05, 0) is 112 Å². The minimum absolute atomic E-state index is 0.0351. The Hall–Kier alpha value is -2.86. The number of sulfone groups is 1. The SMILES string of the molecule is COc1ccc(Oc2cccc(C(F)(I)I)c2)cc1C(=O)N[C@H]1[C@@H](C(=O)Nc2cccc(S(=O)(=O)C(C)(F)F)c2)[C@@H]2C=C[C@H]1C2. The van der Waals surface area contributed by atoms with Gasteiger partial charge in [-0.2, -0.15) is 8.78 Å². The van der Waals surface area contributed by atoms with Crippen LogP contribution in [0.5, 0.6) is 17.2 Å². The zero-order valence-electron chi connectivity index (χ0n) is 23.8. The average Bonchev–Trinajstić information content (AvgIpc) is 3.58. The Morgan fingerprint density at radius 3 is 2.31 bits per heavy atom. The summed E-state index contributed by atoms with van der Waals surface area (Å²) in [5.74, 6) is -1.13. The fourth-order valence-electron chi connectivity index (χ4n) is 5.58. The van der Waals surface area contributed by atoms with E-state index >= 15 is 0 Å². The first-order chi connectivity index (χ1) is 21.1. The van der Waals surface area contributed by atoms with Crippen LogP contribution >= 0.6 is 45.2 Å². The molecule has 3 aromatic rings. The third kappa shape index (κ3) is 7.11. The molecule has 4 atom stereocenters. The Kier molecular flexibility index (Phi) is 9.48. The molecule has 1 saturated carbocycles. The number of fused-ring (bicyclic) bond motifs is 2. The molecule has 2 amide bonds. The number of ether oxygens (including phenoxy) is 2. The number of anilines is 1. The molecule has 0 aromatic heterocycles. The van der Waals surface area contributed by atoms with Gasteiger partial charge in [0.15, 0.2) is 0 Å². The third-order valence-corrected chi connectivity index (χ3v) is 10.8. The van der Waals surface area contributed by atoms with Gasteiger partial charge in [0.25, 0.3) is 5.91 Å². The predicted octanol–water partition coefficient (Wildman–Crippen LogP) is 7.38. The number of methoxy groups -OCH3 is 1. The first kappa shape index (κ1) is 33.5. The van der Waals surface area contributed by atoms with E-state index in [4.69, 9.17) is 9.47 Å². The van der Waals surface area contributed by atoms with Crippen LogP contribution in [-0.2, 0) is 16.3 Å². The summed E-state index contributed by atoms with van der Waals surface area (Å²) < 4.78 is 76.1. The zero-order chi connectivity index (χ0) is 32.7. The molecule has 2 aliphatic carbocycles. The smallest absolute Gasteiger partial charge is 0.347 e. The van der Waals surface area contributed by atoms with Crippen LogP contribution in [-0.4, -0.2) is 38.6 Å². The number of nitrogens with one attached hydrogen (secondary N) is 2. The summed E-state index contributed by atoms with van der Waals surface area (Å²) >= 11 is 3.35. The second kappa shape index (κ2) is 12.7. The standard InChI is InChI=1S/C31H27F3I2N2O6S/c1-30(32,33)45(41,42)23-8-4-6-20(15-23)37-29(40)26-17-9-10-18(13-17)27(26)38-28(39)24-16-22(11-12-25(24)43-2)44-21-7-3-5-19(14-21)31(34,35)36/h3-12,14-18,26-27H,13H2,1-2H3,(H,37,40)(H,38,39)/t17-,18+,26+,27-/m1/s1. The average molecular weight is 866 g/mol. The van der Waals surface area contributed by atoms with E-state index in [9.17, 15) is 31.2 Å². The molecule has 0 radical (unpaired) electrons. The van der Waals surface area contributed by atoms with Crippen LogP contribution in [0.25, 0.3) is 0 Å². The van der Waals surface area contributed by atoms with E-state index in [2.05, 4.69) is 10.6 Å². The van der Waals surface area contributed by atoms with E-state index in [1.54, 1.807) is 81.6 Å². The van der Waals surface area contributed by atoms with E-state index < -0.39 is 45.4 Å². The molecule has 2 aliphatic rings. The van der Waals surface area contributed by atoms with Crippen LogP contribution in [0.3, 0.4) is 0 Å². The summed E-state index contributed by atoms with van der Waals surface area (Å²) in [7, 11) is -3.54. The van der Waals surface area contributed by atoms with Crippen LogP contribution < -0.4 is 20.1 Å². The van der Waals surface area contributed by atoms with E-state index in [-0.39, 0.29) is 28.8 Å². The molecule has 14 heteroatoms. The summed E-state index contributed by atoms with van der Waals surface area (Å²) in [6.45, 7) is 0.295. The van der Waals surface area contributed by atoms with E-state index in [1.165, 1.54) is 25.3 Å². The lowest BCUT2D eigenvalue weighted by Gasteiger charge is -2.28. The van der Waals surface area contributed by atoms with Gasteiger partial charge in [0.05, 0.1) is 23.5 Å². The highest BCUT2D eigenvalue weighted by Gasteiger charge is 2.49. The molecule has 2 bridgehead atoms. The van der Waals surface area contributed by atoms with Crippen molar-refractivity contribution in [2.24, 2.45) is 17.8 Å². The zero-order valence-corrected chi connectivity index (χ0v) is 28.9. The van der Waals surface area contributed by atoms with Gasteiger partial charge in [-0.15, -0.1) is 0 Å². The number of benzene rings is 3. The van der Waals surface area contributed by atoms with Gasteiger partial charge < -0.3 is 20.1 Å². The van der Waals surface area contributed by atoms with Crippen molar-refractivity contribution >= 4 is 72.5 Å². The fourth-order valence-corrected chi connectivity index (χ4v) is 7.20. The summed E-state index contributed by atoms with van der Waals surface area (Å²) in [6, 6.07) is 15.3. The van der Waals surface area contributed by atoms with Crippen molar-refractivity contribution in [3.05, 3.63) is 90.0 Å². The monoisotopic (exact) mass is 866 g/mol. The Morgan fingerprint density at radius 2 is 1.62 bits per heavy atom. The maximum Gasteiger partial charge on any atom is 0.347 e. The maximum absolute atomic E-state index is 14.4. The van der Waals surface area contributed by atoms with Crippen molar-refractivity contribution in [1.29, 1.82) is 0 Å². The van der Waals surface area contributed by atoms with Crippen molar-refractivity contribution in [3.63, 3.8) is 0 Å². The third-order valence-electron chi connectivity index (χ3n) is 7.76. The minimum atomic E-state index is -4.95. The van der Waals surface area contributed by atoms with Gasteiger partial charge in [-0.1, -0.05) is 30.4 Å². The van der Waals surface area contributed by atoms with Gasteiger partial charge in [0.2, 0.25) is 17.4 Å². The lowest BCUT2D eigenvalue weighted by molar-refractivity contribution is -0.121. The number of hydrogen-bond donors (Lipinski definition) is 2. The van der Waals surface area contributed by atoms with Crippen molar-refractivity contribution in [2.45, 2.75) is 31.2 Å². The molecule has 0 heterocycles. The quantitative estimate of drug-likeness (QED) is 0.125. The second-order valence-electron chi connectivity index (χ2n) is 10.8. The fraction of sp³-hybridized carbons (Fsp3) is 0.290. The number of rotatable bonds is 10. The molecule has 1 fully saturated rings. The largest absolute Gasteiger partial charge is 0.496 e. The van der Waals surface area contributed by atoms with Gasteiger partial charge in [0.1, 0.15) is 17.2 Å². The van der Waals surface area contributed by atoms with E-state index in [0.29, 0.717) is 30.4 Å². The van der Waals surface area contributed by atoms with Gasteiger partial charge in [0, 0.05) is 24.2 Å². The number of amides is 2. The topological polar surface area (TPSA) is 111 Å². The molecular formula is C31H27F3I2N2O6S. The summed E-state index contributed by atoms with van der Waals surface area (Å²) in [6.07, 6.45) is 4.45. The summed E-state index contributed by atoms with van der Waals surface area (Å²) in [5.41, 5.74) is 0.587. The van der Waals surface area contributed by atoms with Crippen LogP contribution in [0, 0.1) is 17.8 Å². The molecule has 8 nitrogen and oxygen atoms in total. The Labute approximate surface area is 285 Å². The van der Waals surface area contributed by atoms with Crippen molar-refractivity contribution in [2.75, 3.05) is 12.4 Å². The number of allylic oxidation sites excluding steroid dienone is 1. The first-order valence-electron chi connectivity index (χ1n) is 13.6. The number of carbonyl (C=O) groups excluding carboxylic acids is 2. The Balaban J connectivity index is 1.35. The normalized spacial score (nSPS) is 21.0. The summed E-state index contributed by atoms with van der Waals surface area (Å²) in [5, 5.41) is 1.60. The van der Waals surface area contributed by atoms with Crippen LogP contribution in [0.15, 0.2) is 83.8 Å². The lowest BCUT2D eigenvalue weighted by atomic mass is 9.87. The highest BCUT2D eigenvalue weighted by Crippen LogP contribution is 2.45. The molecule has 0 spiro atoms.